The number of nitrogens with zero attached hydrogens (tertiary/aromatic N) is 2. The minimum absolute atomic E-state index is 0.110. The Bertz CT molecular complexity index is 447. The monoisotopic (exact) mass is 281 g/mol. The molecule has 2 N–H and O–H groups in total. The summed E-state index contributed by atoms with van der Waals surface area (Å²) in [5.74, 6) is 0.827. The van der Waals surface area contributed by atoms with Gasteiger partial charge in [0.25, 0.3) is 5.91 Å². The third-order valence-electron chi connectivity index (χ3n) is 4.05. The maximum atomic E-state index is 12.4. The molecule has 1 aromatic rings. The molecule has 1 aliphatic rings. The summed E-state index contributed by atoms with van der Waals surface area (Å²) in [5.41, 5.74) is 6.16. The van der Waals surface area contributed by atoms with E-state index in [1.54, 1.807) is 18.1 Å². The van der Waals surface area contributed by atoms with E-state index in [1.165, 1.54) is 6.42 Å². The summed E-state index contributed by atoms with van der Waals surface area (Å²) in [6.45, 7) is 0.939. The maximum absolute atomic E-state index is 12.4. The summed E-state index contributed by atoms with van der Waals surface area (Å²) in [4.78, 5) is 14.2. The molecule has 0 bridgehead atoms. The Labute approximate surface area is 119 Å². The molecule has 2 atom stereocenters. The number of aromatic nitrogens is 1. The predicted octanol–water partition coefficient (Wildman–Crippen LogP) is 1.41. The van der Waals surface area contributed by atoms with Crippen molar-refractivity contribution in [1.82, 2.24) is 10.1 Å². The van der Waals surface area contributed by atoms with Crippen LogP contribution in [0, 0.1) is 5.92 Å². The topological polar surface area (TPSA) is 81.6 Å². The zero-order valence-electron chi connectivity index (χ0n) is 12.2. The Hall–Kier alpha value is -1.40. The summed E-state index contributed by atoms with van der Waals surface area (Å²) in [6.07, 6.45) is 4.44. The van der Waals surface area contributed by atoms with Crippen molar-refractivity contribution in [2.45, 2.75) is 38.3 Å². The van der Waals surface area contributed by atoms with Crippen molar-refractivity contribution >= 4 is 5.91 Å². The fourth-order valence-corrected chi connectivity index (χ4v) is 2.93. The number of methoxy groups -OCH3 is 1. The van der Waals surface area contributed by atoms with E-state index in [4.69, 9.17) is 15.0 Å². The van der Waals surface area contributed by atoms with Crippen molar-refractivity contribution in [1.29, 1.82) is 0 Å². The molecule has 0 saturated heterocycles. The Morgan fingerprint density at radius 2 is 2.30 bits per heavy atom. The first-order valence-electron chi connectivity index (χ1n) is 7.09. The molecular weight excluding hydrogens is 258 g/mol. The number of carbonyl (C=O) groups is 1. The van der Waals surface area contributed by atoms with Crippen LogP contribution in [0.25, 0.3) is 0 Å². The molecule has 2 unspecified atom stereocenters. The minimum atomic E-state index is -0.110. The zero-order chi connectivity index (χ0) is 14.5. The molecule has 1 aliphatic carbocycles. The summed E-state index contributed by atoms with van der Waals surface area (Å²) >= 11 is 0. The van der Waals surface area contributed by atoms with Crippen LogP contribution >= 0.6 is 0 Å². The summed E-state index contributed by atoms with van der Waals surface area (Å²) in [6, 6.07) is 1.84. The molecule has 1 aromatic heterocycles. The second-order valence-corrected chi connectivity index (χ2v) is 5.38. The molecule has 1 fully saturated rings. The van der Waals surface area contributed by atoms with Gasteiger partial charge in [0.2, 0.25) is 0 Å². The van der Waals surface area contributed by atoms with Gasteiger partial charge >= 0.3 is 0 Å². The van der Waals surface area contributed by atoms with E-state index in [-0.39, 0.29) is 11.9 Å². The van der Waals surface area contributed by atoms with E-state index in [1.807, 2.05) is 7.05 Å². The van der Waals surface area contributed by atoms with Gasteiger partial charge in [0.15, 0.2) is 11.5 Å². The number of nitrogens with two attached hydrogens (primary N) is 1. The normalized spacial score (nSPS) is 22.8. The molecule has 6 nitrogen and oxygen atoms in total. The number of rotatable bonds is 5. The molecular formula is C14H23N3O3. The quantitative estimate of drug-likeness (QED) is 0.882. The molecule has 1 amide bonds. The van der Waals surface area contributed by atoms with Crippen LogP contribution < -0.4 is 5.73 Å². The highest BCUT2D eigenvalue weighted by molar-refractivity contribution is 5.92. The van der Waals surface area contributed by atoms with Crippen molar-refractivity contribution in [3.05, 3.63) is 17.5 Å². The Morgan fingerprint density at radius 1 is 1.55 bits per heavy atom. The summed E-state index contributed by atoms with van der Waals surface area (Å²) in [5, 5.41) is 3.82. The smallest absolute Gasteiger partial charge is 0.276 e. The Morgan fingerprint density at radius 3 is 3.00 bits per heavy atom. The third kappa shape index (κ3) is 3.19. The lowest BCUT2D eigenvalue weighted by Gasteiger charge is -2.37. The molecule has 0 aromatic carbocycles. The van der Waals surface area contributed by atoms with E-state index in [2.05, 4.69) is 5.16 Å². The second-order valence-electron chi connectivity index (χ2n) is 5.38. The van der Waals surface area contributed by atoms with Gasteiger partial charge < -0.3 is 19.9 Å². The van der Waals surface area contributed by atoms with E-state index in [9.17, 15) is 4.79 Å². The van der Waals surface area contributed by atoms with Gasteiger partial charge in [0, 0.05) is 26.3 Å². The van der Waals surface area contributed by atoms with Gasteiger partial charge in [-0.3, -0.25) is 4.79 Å². The minimum Gasteiger partial charge on any atom is -0.377 e. The van der Waals surface area contributed by atoms with Crippen LogP contribution in [-0.2, 0) is 11.3 Å². The largest absolute Gasteiger partial charge is 0.377 e. The first kappa shape index (κ1) is 15.0. The van der Waals surface area contributed by atoms with Gasteiger partial charge in [-0.15, -0.1) is 0 Å². The van der Waals surface area contributed by atoms with Crippen molar-refractivity contribution in [3.8, 4) is 0 Å². The number of carbonyl (C=O) groups excluding carboxylic acids is 1. The first-order chi connectivity index (χ1) is 9.67. The molecule has 1 saturated carbocycles. The highest BCUT2D eigenvalue weighted by atomic mass is 16.5. The molecule has 20 heavy (non-hydrogen) atoms. The molecule has 0 spiro atoms. The molecule has 0 aliphatic heterocycles. The van der Waals surface area contributed by atoms with E-state index >= 15 is 0 Å². The van der Waals surface area contributed by atoms with Crippen molar-refractivity contribution in [3.63, 3.8) is 0 Å². The van der Waals surface area contributed by atoms with Crippen LogP contribution in [-0.4, -0.2) is 42.7 Å². The third-order valence-corrected chi connectivity index (χ3v) is 4.05. The summed E-state index contributed by atoms with van der Waals surface area (Å²) < 4.78 is 10.0. The van der Waals surface area contributed by atoms with Crippen molar-refractivity contribution in [2.75, 3.05) is 20.7 Å². The highest BCUT2D eigenvalue weighted by Crippen LogP contribution is 2.28. The molecule has 0 radical (unpaired) electrons. The van der Waals surface area contributed by atoms with Gasteiger partial charge in [-0.1, -0.05) is 18.0 Å². The van der Waals surface area contributed by atoms with Gasteiger partial charge in [0.05, 0.1) is 0 Å². The lowest BCUT2D eigenvalue weighted by Crippen LogP contribution is -2.46. The van der Waals surface area contributed by atoms with Gasteiger partial charge in [-0.25, -0.2) is 0 Å². The van der Waals surface area contributed by atoms with Crippen molar-refractivity contribution < 1.29 is 14.1 Å². The molecule has 1 heterocycles. The Balaban J connectivity index is 2.06. The van der Waals surface area contributed by atoms with E-state index in [0.717, 1.165) is 19.3 Å². The Kier molecular flexibility index (Phi) is 5.14. The number of amides is 1. The van der Waals surface area contributed by atoms with Crippen molar-refractivity contribution in [2.24, 2.45) is 11.7 Å². The van der Waals surface area contributed by atoms with Crippen LogP contribution in [0.4, 0.5) is 0 Å². The SMILES string of the molecule is COCc1cc(C(=O)N(C)C2CCCCC2CN)no1. The zero-order valence-corrected chi connectivity index (χ0v) is 12.2. The van der Waals surface area contributed by atoms with Crippen LogP contribution in [0.15, 0.2) is 10.6 Å². The first-order valence-corrected chi connectivity index (χ1v) is 7.09. The van der Waals surface area contributed by atoms with Crippen LogP contribution in [0.2, 0.25) is 0 Å². The average Bonchev–Trinajstić information content (AvgIpc) is 2.94. The molecule has 2 rings (SSSR count). The number of hydrogen-bond donors (Lipinski definition) is 1. The van der Waals surface area contributed by atoms with Crippen LogP contribution in [0.5, 0.6) is 0 Å². The van der Waals surface area contributed by atoms with Gasteiger partial charge in [0.1, 0.15) is 6.61 Å². The second kappa shape index (κ2) is 6.85. The van der Waals surface area contributed by atoms with E-state index < -0.39 is 0 Å². The standard InChI is InChI=1S/C14H23N3O3/c1-17(13-6-4-3-5-10(13)8-15)14(18)12-7-11(9-19-2)20-16-12/h7,10,13H,3-6,8-9,15H2,1-2H3. The van der Waals surface area contributed by atoms with Crippen LogP contribution in [0.3, 0.4) is 0 Å². The van der Waals surface area contributed by atoms with E-state index in [0.29, 0.717) is 30.5 Å². The lowest BCUT2D eigenvalue weighted by molar-refractivity contribution is 0.0609. The average molecular weight is 281 g/mol. The summed E-state index contributed by atoms with van der Waals surface area (Å²) in [7, 11) is 3.40. The highest BCUT2D eigenvalue weighted by Gasteiger charge is 2.31. The van der Waals surface area contributed by atoms with Gasteiger partial charge in [-0.2, -0.15) is 0 Å². The van der Waals surface area contributed by atoms with Gasteiger partial charge in [-0.05, 0) is 25.3 Å². The molecule has 6 heteroatoms. The van der Waals surface area contributed by atoms with Crippen LogP contribution in [0.1, 0.15) is 41.9 Å². The number of hydrogen-bond acceptors (Lipinski definition) is 5. The predicted molar refractivity (Wildman–Crippen MR) is 74.1 cm³/mol. The fourth-order valence-electron chi connectivity index (χ4n) is 2.93. The maximum Gasteiger partial charge on any atom is 0.276 e. The fraction of sp³-hybridized carbons (Fsp3) is 0.714. The lowest BCUT2D eigenvalue weighted by atomic mass is 9.83. The number of ether oxygens (including phenoxy) is 1. The molecule has 112 valence electrons.